The summed E-state index contributed by atoms with van der Waals surface area (Å²) >= 11 is 7.68. The van der Waals surface area contributed by atoms with Gasteiger partial charge in [-0.15, -0.1) is 0 Å². The summed E-state index contributed by atoms with van der Waals surface area (Å²) in [5.41, 5.74) is 2.51. The second kappa shape index (κ2) is 12.1. The molecule has 3 rings (SSSR count). The van der Waals surface area contributed by atoms with E-state index < -0.39 is 10.0 Å². The van der Waals surface area contributed by atoms with Crippen molar-refractivity contribution in [3.63, 3.8) is 0 Å². The molecule has 33 heavy (non-hydrogen) atoms. The lowest BCUT2D eigenvalue weighted by Gasteiger charge is -2.26. The molecule has 3 aromatic carbocycles. The minimum atomic E-state index is -3.90. The van der Waals surface area contributed by atoms with Crippen molar-refractivity contribution in [2.75, 3.05) is 23.1 Å². The van der Waals surface area contributed by atoms with E-state index in [1.807, 2.05) is 43.3 Å². The van der Waals surface area contributed by atoms with Crippen LogP contribution in [-0.4, -0.2) is 33.2 Å². The number of rotatable bonds is 11. The van der Waals surface area contributed by atoms with Crippen LogP contribution in [0.3, 0.4) is 0 Å². The van der Waals surface area contributed by atoms with Gasteiger partial charge in [-0.2, -0.15) is 11.8 Å². The number of anilines is 1. The van der Waals surface area contributed by atoms with Crippen LogP contribution < -0.4 is 9.62 Å². The molecule has 174 valence electrons. The molecule has 0 unspecified atom stereocenters. The molecule has 8 heteroatoms. The maximum Gasteiger partial charge on any atom is 0.264 e. The van der Waals surface area contributed by atoms with E-state index in [1.165, 1.54) is 4.31 Å². The van der Waals surface area contributed by atoms with Gasteiger partial charge in [-0.25, -0.2) is 8.42 Å². The van der Waals surface area contributed by atoms with Gasteiger partial charge in [-0.05, 0) is 47.9 Å². The highest BCUT2D eigenvalue weighted by Crippen LogP contribution is 2.27. The predicted octanol–water partition coefficient (Wildman–Crippen LogP) is 5.15. The minimum Gasteiger partial charge on any atom is -0.354 e. The molecule has 0 saturated carbocycles. The van der Waals surface area contributed by atoms with Gasteiger partial charge in [0.1, 0.15) is 6.54 Å². The first-order valence-corrected chi connectivity index (χ1v) is 13.6. The van der Waals surface area contributed by atoms with Crippen molar-refractivity contribution in [2.24, 2.45) is 0 Å². The Morgan fingerprint density at radius 1 is 1.00 bits per heavy atom. The fraction of sp³-hybridized carbons (Fsp3) is 0.240. The van der Waals surface area contributed by atoms with Gasteiger partial charge in [0.05, 0.1) is 10.6 Å². The average Bonchev–Trinajstić information content (AvgIpc) is 2.83. The molecule has 0 saturated heterocycles. The maximum atomic E-state index is 13.4. The summed E-state index contributed by atoms with van der Waals surface area (Å²) in [6.45, 7) is 2.12. The van der Waals surface area contributed by atoms with Crippen LogP contribution in [0.1, 0.15) is 18.1 Å². The Morgan fingerprint density at radius 3 is 2.45 bits per heavy atom. The molecule has 0 aliphatic rings. The number of nitrogens with zero attached hydrogens (tertiary/aromatic N) is 1. The number of benzene rings is 3. The van der Waals surface area contributed by atoms with Crippen LogP contribution in [0.5, 0.6) is 0 Å². The third-order valence-electron chi connectivity index (χ3n) is 4.99. The quantitative estimate of drug-likeness (QED) is 0.368. The molecule has 0 atom stereocenters. The fourth-order valence-corrected chi connectivity index (χ4v) is 5.84. The normalized spacial score (nSPS) is 11.2. The molecule has 0 radical (unpaired) electrons. The Labute approximate surface area is 205 Å². The number of hydrogen-bond acceptors (Lipinski definition) is 4. The van der Waals surface area contributed by atoms with Crippen LogP contribution in [0.2, 0.25) is 5.02 Å². The second-order valence-electron chi connectivity index (χ2n) is 7.34. The van der Waals surface area contributed by atoms with Crippen LogP contribution >= 0.6 is 23.4 Å². The van der Waals surface area contributed by atoms with Crippen LogP contribution in [-0.2, 0) is 27.0 Å². The number of amides is 1. The molecule has 0 spiro atoms. The molecule has 5 nitrogen and oxygen atoms in total. The molecular formula is C25H27ClN2O3S2. The van der Waals surface area contributed by atoms with E-state index in [9.17, 15) is 13.2 Å². The summed E-state index contributed by atoms with van der Waals surface area (Å²) < 4.78 is 28.1. The molecule has 0 bridgehead atoms. The van der Waals surface area contributed by atoms with Gasteiger partial charge < -0.3 is 5.32 Å². The Kier molecular flexibility index (Phi) is 9.23. The molecule has 0 heterocycles. The first-order valence-electron chi connectivity index (χ1n) is 10.7. The van der Waals surface area contributed by atoms with Crippen molar-refractivity contribution in [1.82, 2.24) is 5.32 Å². The van der Waals surface area contributed by atoms with Gasteiger partial charge in [0.15, 0.2) is 0 Å². The van der Waals surface area contributed by atoms with E-state index in [-0.39, 0.29) is 17.3 Å². The zero-order valence-corrected chi connectivity index (χ0v) is 20.8. The van der Waals surface area contributed by atoms with E-state index in [4.69, 9.17) is 11.6 Å². The summed E-state index contributed by atoms with van der Waals surface area (Å²) in [6.07, 6.45) is 0.652. The Bertz CT molecular complexity index is 1170. The molecule has 1 N–H and O–H groups in total. The number of aryl methyl sites for hydroxylation is 1. The maximum absolute atomic E-state index is 13.4. The molecule has 3 aromatic rings. The standard InChI is InChI=1S/C25H27ClN2O3S2/c1-2-21-10-6-7-14-24(21)28(33(30,31)23-12-4-3-5-13-23)18-25(29)27-15-16-32-19-20-9-8-11-22(26)17-20/h3-14,17H,2,15-16,18-19H2,1H3,(H,27,29). The smallest absolute Gasteiger partial charge is 0.264 e. The zero-order chi connectivity index (χ0) is 23.7. The van der Waals surface area contributed by atoms with Gasteiger partial charge in [-0.1, -0.05) is 67.1 Å². The van der Waals surface area contributed by atoms with Gasteiger partial charge in [0, 0.05) is 23.1 Å². The highest BCUT2D eigenvalue weighted by Gasteiger charge is 2.28. The van der Waals surface area contributed by atoms with Crippen LogP contribution in [0.4, 0.5) is 5.69 Å². The van der Waals surface area contributed by atoms with Crippen molar-refractivity contribution in [3.8, 4) is 0 Å². The third kappa shape index (κ3) is 7.00. The van der Waals surface area contributed by atoms with E-state index in [0.29, 0.717) is 29.4 Å². The van der Waals surface area contributed by atoms with Crippen molar-refractivity contribution >= 4 is 45.0 Å². The largest absolute Gasteiger partial charge is 0.354 e. The summed E-state index contributed by atoms with van der Waals surface area (Å²) in [5.74, 6) is 1.15. The highest BCUT2D eigenvalue weighted by molar-refractivity contribution is 7.98. The first-order chi connectivity index (χ1) is 15.9. The lowest BCUT2D eigenvalue weighted by molar-refractivity contribution is -0.119. The Hall–Kier alpha value is -2.48. The van der Waals surface area contributed by atoms with Crippen molar-refractivity contribution < 1.29 is 13.2 Å². The lowest BCUT2D eigenvalue weighted by atomic mass is 10.1. The number of nitrogens with one attached hydrogen (secondary N) is 1. The number of carbonyl (C=O) groups excluding carboxylic acids is 1. The minimum absolute atomic E-state index is 0.154. The molecule has 0 aliphatic carbocycles. The van der Waals surface area contributed by atoms with Crippen molar-refractivity contribution in [2.45, 2.75) is 24.0 Å². The molecule has 0 aliphatic heterocycles. The van der Waals surface area contributed by atoms with E-state index in [0.717, 1.165) is 16.9 Å². The Balaban J connectivity index is 1.66. The second-order valence-corrected chi connectivity index (χ2v) is 10.7. The summed E-state index contributed by atoms with van der Waals surface area (Å²) in [5, 5.41) is 3.55. The van der Waals surface area contributed by atoms with Crippen LogP contribution in [0.25, 0.3) is 0 Å². The van der Waals surface area contributed by atoms with Crippen molar-refractivity contribution in [3.05, 3.63) is 95.0 Å². The summed E-state index contributed by atoms with van der Waals surface area (Å²) in [6, 6.07) is 23.2. The van der Waals surface area contributed by atoms with Gasteiger partial charge in [-0.3, -0.25) is 9.10 Å². The Morgan fingerprint density at radius 2 is 1.73 bits per heavy atom. The highest BCUT2D eigenvalue weighted by atomic mass is 35.5. The lowest BCUT2D eigenvalue weighted by Crippen LogP contribution is -2.41. The molecular weight excluding hydrogens is 476 g/mol. The summed E-state index contributed by atoms with van der Waals surface area (Å²) in [4.78, 5) is 12.9. The van der Waals surface area contributed by atoms with Crippen LogP contribution in [0.15, 0.2) is 83.8 Å². The average molecular weight is 503 g/mol. The number of sulfonamides is 1. The SMILES string of the molecule is CCc1ccccc1N(CC(=O)NCCSCc1cccc(Cl)c1)S(=O)(=O)c1ccccc1. The molecule has 0 aromatic heterocycles. The zero-order valence-electron chi connectivity index (χ0n) is 18.4. The van der Waals surface area contributed by atoms with Gasteiger partial charge in [0.25, 0.3) is 10.0 Å². The van der Waals surface area contributed by atoms with Crippen molar-refractivity contribution in [1.29, 1.82) is 0 Å². The van der Waals surface area contributed by atoms with E-state index in [2.05, 4.69) is 5.32 Å². The summed E-state index contributed by atoms with van der Waals surface area (Å²) in [7, 11) is -3.90. The fourth-order valence-electron chi connectivity index (χ4n) is 3.34. The van der Waals surface area contributed by atoms with Gasteiger partial charge in [0.2, 0.25) is 5.91 Å². The number of halogens is 1. The number of para-hydroxylation sites is 1. The van der Waals surface area contributed by atoms with Gasteiger partial charge >= 0.3 is 0 Å². The van der Waals surface area contributed by atoms with E-state index >= 15 is 0 Å². The number of hydrogen-bond donors (Lipinski definition) is 1. The first kappa shape index (κ1) is 25.1. The molecule has 0 fully saturated rings. The topological polar surface area (TPSA) is 66.5 Å². The number of thioether (sulfide) groups is 1. The van der Waals surface area contributed by atoms with Crippen LogP contribution in [0, 0.1) is 0 Å². The molecule has 1 amide bonds. The third-order valence-corrected chi connectivity index (χ3v) is 8.03. The van der Waals surface area contributed by atoms with E-state index in [1.54, 1.807) is 54.2 Å². The predicted molar refractivity (Wildman–Crippen MR) is 137 cm³/mol. The monoisotopic (exact) mass is 502 g/mol. The number of carbonyl (C=O) groups is 1.